The third-order valence-electron chi connectivity index (χ3n) is 9.50. The maximum Gasteiger partial charge on any atom is 0.159 e. The summed E-state index contributed by atoms with van der Waals surface area (Å²) in [5, 5.41) is 2.33. The van der Waals surface area contributed by atoms with Crippen molar-refractivity contribution in [2.75, 3.05) is 0 Å². The smallest absolute Gasteiger partial charge is 0.159 e. The van der Waals surface area contributed by atoms with Gasteiger partial charge in [0.1, 0.15) is 11.6 Å². The van der Waals surface area contributed by atoms with E-state index in [0.717, 1.165) is 72.6 Å². The van der Waals surface area contributed by atoms with Crippen LogP contribution in [-0.2, 0) is 6.54 Å². The summed E-state index contributed by atoms with van der Waals surface area (Å²) in [4.78, 5) is 9.76. The van der Waals surface area contributed by atoms with Gasteiger partial charge in [-0.25, -0.2) is 4.99 Å². The maximum absolute atomic E-state index is 6.75. The average Bonchev–Trinajstić information content (AvgIpc) is 3.42. The number of rotatable bonds is 6. The van der Waals surface area contributed by atoms with Gasteiger partial charge in [0, 0.05) is 38.7 Å². The minimum absolute atomic E-state index is 0.432. The summed E-state index contributed by atoms with van der Waals surface area (Å²) in [6.07, 6.45) is 4.28. The molecule has 0 unspecified atom stereocenters. The molecule has 248 valence electrons. The van der Waals surface area contributed by atoms with E-state index in [1.165, 1.54) is 5.39 Å². The first-order valence-corrected chi connectivity index (χ1v) is 17.4. The molecule has 0 fully saturated rings. The average molecular weight is 671 g/mol. The van der Waals surface area contributed by atoms with E-state index >= 15 is 0 Å². The Morgan fingerprint density at radius 3 is 2.12 bits per heavy atom. The number of aliphatic imine (C=N–C) groups is 2. The van der Waals surface area contributed by atoms with Gasteiger partial charge in [0.2, 0.25) is 0 Å². The molecule has 9 rings (SSSR count). The van der Waals surface area contributed by atoms with Gasteiger partial charge >= 0.3 is 0 Å². The van der Waals surface area contributed by atoms with Crippen LogP contribution in [0.2, 0.25) is 0 Å². The number of fused-ring (bicyclic) bond motifs is 6. The van der Waals surface area contributed by atoms with Crippen LogP contribution < -0.4 is 10.5 Å². The lowest BCUT2D eigenvalue weighted by molar-refractivity contribution is 0.485. The molecule has 52 heavy (non-hydrogen) atoms. The fraction of sp³-hybridized carbons (Fsp3) is 0.0213. The summed E-state index contributed by atoms with van der Waals surface area (Å²) in [5.74, 6) is 2.73. The van der Waals surface area contributed by atoms with E-state index in [1.807, 2.05) is 78.9 Å². The van der Waals surface area contributed by atoms with E-state index in [4.69, 9.17) is 20.5 Å². The van der Waals surface area contributed by atoms with Crippen LogP contribution >= 0.6 is 0 Å². The van der Waals surface area contributed by atoms with E-state index in [0.29, 0.717) is 18.2 Å². The number of amidine groups is 2. The van der Waals surface area contributed by atoms with Crippen molar-refractivity contribution in [1.29, 1.82) is 0 Å². The SMILES string of the molecule is NC(=NC(=NCc1cccc(-c2cccc(-n3c4ccccc4c4ccc5c(c43)Oc3ccccc3C=C5)c2)c1)c1ccccc1)c1ccccc1. The summed E-state index contributed by atoms with van der Waals surface area (Å²) < 4.78 is 9.09. The molecule has 0 spiro atoms. The second-order valence-electron chi connectivity index (χ2n) is 12.8. The zero-order chi connectivity index (χ0) is 34.9. The number of benzene rings is 7. The van der Waals surface area contributed by atoms with Crippen LogP contribution in [0.25, 0.3) is 50.8 Å². The van der Waals surface area contributed by atoms with Crippen LogP contribution in [0.15, 0.2) is 180 Å². The molecule has 0 radical (unpaired) electrons. The molecule has 0 atom stereocenters. The van der Waals surface area contributed by atoms with Crippen molar-refractivity contribution >= 4 is 45.6 Å². The second-order valence-corrected chi connectivity index (χ2v) is 12.8. The van der Waals surface area contributed by atoms with E-state index in [9.17, 15) is 0 Å². The number of para-hydroxylation sites is 2. The Morgan fingerprint density at radius 2 is 1.27 bits per heavy atom. The van der Waals surface area contributed by atoms with E-state index in [-0.39, 0.29) is 0 Å². The van der Waals surface area contributed by atoms with Gasteiger partial charge in [-0.1, -0.05) is 152 Å². The van der Waals surface area contributed by atoms with E-state index in [1.54, 1.807) is 0 Å². The van der Waals surface area contributed by atoms with Gasteiger partial charge in [0.25, 0.3) is 0 Å². The Labute approximate surface area is 302 Å². The third-order valence-corrected chi connectivity index (χ3v) is 9.50. The monoisotopic (exact) mass is 670 g/mol. The molecule has 1 aliphatic rings. The highest BCUT2D eigenvalue weighted by atomic mass is 16.5. The molecule has 0 saturated carbocycles. The standard InChI is InChI=1S/C47H34N4O/c48-46(35-15-3-1-4-16-35)50-47(36-17-5-2-6-18-36)49-31-32-13-11-19-37(29-32)38-20-12-21-39(30-38)51-42-23-9-8-22-40(42)41-28-27-34-26-25-33-14-7-10-24-43(33)52-45(34)44(41)51/h1-30H,31H2,(H2,48,49,50). The Bertz CT molecular complexity index is 2690. The first-order valence-electron chi connectivity index (χ1n) is 17.4. The fourth-order valence-electron chi connectivity index (χ4n) is 6.96. The summed E-state index contributed by atoms with van der Waals surface area (Å²) in [7, 11) is 0. The summed E-state index contributed by atoms with van der Waals surface area (Å²) in [6.45, 7) is 0.453. The normalized spacial score (nSPS) is 12.7. The molecule has 2 heterocycles. The lowest BCUT2D eigenvalue weighted by Crippen LogP contribution is -2.16. The van der Waals surface area contributed by atoms with Gasteiger partial charge in [0.15, 0.2) is 11.6 Å². The molecule has 1 aliphatic heterocycles. The Morgan fingerprint density at radius 1 is 0.577 bits per heavy atom. The molecule has 1 aromatic heterocycles. The molecule has 8 aromatic rings. The van der Waals surface area contributed by atoms with E-state index < -0.39 is 0 Å². The first kappa shape index (κ1) is 31.0. The van der Waals surface area contributed by atoms with Crippen LogP contribution in [-0.4, -0.2) is 16.2 Å². The lowest BCUT2D eigenvalue weighted by atomic mass is 10.0. The maximum atomic E-state index is 6.75. The van der Waals surface area contributed by atoms with Gasteiger partial charge < -0.3 is 15.0 Å². The molecule has 5 heteroatoms. The van der Waals surface area contributed by atoms with Crippen LogP contribution in [0.3, 0.4) is 0 Å². The van der Waals surface area contributed by atoms with Gasteiger partial charge in [-0.2, -0.15) is 0 Å². The molecule has 7 aromatic carbocycles. The van der Waals surface area contributed by atoms with Crippen molar-refractivity contribution in [3.8, 4) is 28.3 Å². The van der Waals surface area contributed by atoms with Gasteiger partial charge in [0.05, 0.1) is 17.6 Å². The molecule has 5 nitrogen and oxygen atoms in total. The van der Waals surface area contributed by atoms with Crippen molar-refractivity contribution in [1.82, 2.24) is 4.57 Å². The Hall–Kier alpha value is -6.98. The topological polar surface area (TPSA) is 64.9 Å². The highest BCUT2D eigenvalue weighted by Gasteiger charge is 2.21. The van der Waals surface area contributed by atoms with Crippen LogP contribution in [0.1, 0.15) is 27.8 Å². The predicted molar refractivity (Wildman–Crippen MR) is 216 cm³/mol. The number of nitrogens with zero attached hydrogens (tertiary/aromatic N) is 3. The summed E-state index contributed by atoms with van der Waals surface area (Å²) >= 11 is 0. The number of nitrogens with two attached hydrogens (primary N) is 1. The Kier molecular flexibility index (Phi) is 7.99. The van der Waals surface area contributed by atoms with Crippen LogP contribution in [0.5, 0.6) is 11.5 Å². The molecule has 0 aliphatic carbocycles. The second kappa shape index (κ2) is 13.4. The molecule has 0 saturated heterocycles. The van der Waals surface area contributed by atoms with Gasteiger partial charge in [-0.05, 0) is 47.0 Å². The zero-order valence-corrected chi connectivity index (χ0v) is 28.4. The number of ether oxygens (including phenoxy) is 1. The third kappa shape index (κ3) is 5.84. The molecule has 2 N–H and O–H groups in total. The van der Waals surface area contributed by atoms with Crippen molar-refractivity contribution in [2.45, 2.75) is 6.54 Å². The molecule has 0 amide bonds. The Balaban J connectivity index is 1.11. The molecular weight excluding hydrogens is 637 g/mol. The molecular formula is C47H34N4O. The van der Waals surface area contributed by atoms with Crippen LogP contribution in [0.4, 0.5) is 0 Å². The largest absolute Gasteiger partial charge is 0.454 e. The summed E-state index contributed by atoms with van der Waals surface area (Å²) in [5.41, 5.74) is 16.8. The fourth-order valence-corrected chi connectivity index (χ4v) is 6.96. The van der Waals surface area contributed by atoms with Crippen molar-refractivity contribution in [3.63, 3.8) is 0 Å². The molecule has 0 bridgehead atoms. The number of aromatic nitrogens is 1. The minimum Gasteiger partial charge on any atom is -0.454 e. The van der Waals surface area contributed by atoms with Gasteiger partial charge in [-0.15, -0.1) is 0 Å². The quantitative estimate of drug-likeness (QED) is 0.141. The number of hydrogen-bond donors (Lipinski definition) is 1. The van der Waals surface area contributed by atoms with Gasteiger partial charge in [-0.3, -0.25) is 4.99 Å². The zero-order valence-electron chi connectivity index (χ0n) is 28.4. The van der Waals surface area contributed by atoms with Crippen molar-refractivity contribution in [2.24, 2.45) is 15.7 Å². The lowest BCUT2D eigenvalue weighted by Gasteiger charge is -2.15. The highest BCUT2D eigenvalue weighted by Crippen LogP contribution is 2.44. The van der Waals surface area contributed by atoms with Crippen molar-refractivity contribution < 1.29 is 4.74 Å². The minimum atomic E-state index is 0.432. The van der Waals surface area contributed by atoms with Crippen LogP contribution in [0, 0.1) is 0 Å². The first-order chi connectivity index (χ1) is 25.7. The number of hydrogen-bond acceptors (Lipinski definition) is 2. The van der Waals surface area contributed by atoms with E-state index in [2.05, 4.69) is 108 Å². The highest BCUT2D eigenvalue weighted by molar-refractivity contribution is 6.13. The predicted octanol–water partition coefficient (Wildman–Crippen LogP) is 11.1. The summed E-state index contributed by atoms with van der Waals surface area (Å²) in [6, 6.07) is 58.2. The van der Waals surface area contributed by atoms with Crippen molar-refractivity contribution in [3.05, 3.63) is 198 Å².